The molecule has 2 amide bonds. The molecule has 0 unspecified atom stereocenters. The highest BCUT2D eigenvalue weighted by molar-refractivity contribution is 8.01. The Labute approximate surface area is 171 Å². The zero-order valence-electron chi connectivity index (χ0n) is 16.4. The quantitative estimate of drug-likeness (QED) is 0.812. The van der Waals surface area contributed by atoms with E-state index in [1.165, 1.54) is 17.4 Å². The second kappa shape index (κ2) is 9.64. The highest BCUT2D eigenvalue weighted by Crippen LogP contribution is 2.19. The lowest BCUT2D eigenvalue weighted by molar-refractivity contribution is -0.130. The number of thioether (sulfide) groups is 1. The molecule has 1 fully saturated rings. The Morgan fingerprint density at radius 1 is 1.00 bits per heavy atom. The van der Waals surface area contributed by atoms with Crippen molar-refractivity contribution in [2.75, 3.05) is 42.1 Å². The third-order valence-corrected chi connectivity index (χ3v) is 5.99. The molecule has 1 heterocycles. The minimum absolute atomic E-state index is 0.0811. The molecule has 0 aliphatic carbocycles. The first kappa shape index (κ1) is 20.3. The average Bonchev–Trinajstić information content (AvgIpc) is 2.74. The molecular weight excluding hydrogens is 370 g/mol. The van der Waals surface area contributed by atoms with Gasteiger partial charge < -0.3 is 15.1 Å². The third-order valence-electron chi connectivity index (χ3n) is 4.86. The van der Waals surface area contributed by atoms with Crippen molar-refractivity contribution in [1.82, 2.24) is 4.90 Å². The lowest BCUT2D eigenvalue weighted by Gasteiger charge is -2.37. The van der Waals surface area contributed by atoms with Crippen molar-refractivity contribution in [2.45, 2.75) is 19.1 Å². The minimum atomic E-state index is -0.230. The Morgan fingerprint density at radius 2 is 1.64 bits per heavy atom. The van der Waals surface area contributed by atoms with E-state index >= 15 is 0 Å². The number of nitrogens with zero attached hydrogens (tertiary/aromatic N) is 2. The molecule has 1 saturated heterocycles. The van der Waals surface area contributed by atoms with Crippen molar-refractivity contribution in [3.05, 3.63) is 60.2 Å². The molecule has 5 nitrogen and oxygen atoms in total. The fourth-order valence-electron chi connectivity index (χ4n) is 3.19. The van der Waals surface area contributed by atoms with Gasteiger partial charge in [0.1, 0.15) is 0 Å². The molecule has 6 heteroatoms. The summed E-state index contributed by atoms with van der Waals surface area (Å²) < 4.78 is 0. The van der Waals surface area contributed by atoms with Gasteiger partial charge >= 0.3 is 0 Å². The van der Waals surface area contributed by atoms with Crippen LogP contribution in [-0.2, 0) is 9.59 Å². The van der Waals surface area contributed by atoms with Crippen LogP contribution in [0.5, 0.6) is 0 Å². The summed E-state index contributed by atoms with van der Waals surface area (Å²) in [6.45, 7) is 6.99. The van der Waals surface area contributed by atoms with Crippen molar-refractivity contribution >= 4 is 35.0 Å². The minimum Gasteiger partial charge on any atom is -0.368 e. The third kappa shape index (κ3) is 5.52. The zero-order chi connectivity index (χ0) is 19.9. The van der Waals surface area contributed by atoms with E-state index < -0.39 is 0 Å². The van der Waals surface area contributed by atoms with Crippen molar-refractivity contribution < 1.29 is 9.59 Å². The van der Waals surface area contributed by atoms with Crippen LogP contribution in [0.1, 0.15) is 12.5 Å². The number of aryl methyl sites for hydroxylation is 1. The maximum absolute atomic E-state index is 12.7. The summed E-state index contributed by atoms with van der Waals surface area (Å²) in [7, 11) is 0. The molecule has 1 aliphatic heterocycles. The van der Waals surface area contributed by atoms with Gasteiger partial charge in [-0.3, -0.25) is 9.59 Å². The van der Waals surface area contributed by atoms with Gasteiger partial charge in [0.05, 0.1) is 11.0 Å². The number of carbonyl (C=O) groups is 2. The van der Waals surface area contributed by atoms with Crippen molar-refractivity contribution in [2.24, 2.45) is 0 Å². The summed E-state index contributed by atoms with van der Waals surface area (Å²) in [6.07, 6.45) is 0. The molecule has 0 bridgehead atoms. The smallest absolute Gasteiger partial charge is 0.235 e. The first-order chi connectivity index (χ1) is 13.5. The van der Waals surface area contributed by atoms with Crippen LogP contribution in [0.15, 0.2) is 54.6 Å². The number of amides is 2. The highest BCUT2D eigenvalue weighted by atomic mass is 32.2. The van der Waals surface area contributed by atoms with Crippen LogP contribution in [0.25, 0.3) is 0 Å². The van der Waals surface area contributed by atoms with Gasteiger partial charge in [0.25, 0.3) is 0 Å². The molecule has 148 valence electrons. The summed E-state index contributed by atoms with van der Waals surface area (Å²) in [5.41, 5.74) is 3.14. The van der Waals surface area contributed by atoms with E-state index in [1.54, 1.807) is 0 Å². The Morgan fingerprint density at radius 3 is 2.29 bits per heavy atom. The molecule has 3 rings (SSSR count). The van der Waals surface area contributed by atoms with Gasteiger partial charge in [0.2, 0.25) is 11.8 Å². The predicted octanol–water partition coefficient (Wildman–Crippen LogP) is 3.40. The number of anilines is 2. The Balaban J connectivity index is 1.42. The van der Waals surface area contributed by atoms with E-state index in [0.29, 0.717) is 13.1 Å². The Bertz CT molecular complexity index is 787. The molecule has 1 N–H and O–H groups in total. The van der Waals surface area contributed by atoms with Gasteiger partial charge in [-0.25, -0.2) is 0 Å². The second-order valence-corrected chi connectivity index (χ2v) is 8.34. The summed E-state index contributed by atoms with van der Waals surface area (Å²) in [5.74, 6) is 0.299. The van der Waals surface area contributed by atoms with Gasteiger partial charge in [0, 0.05) is 37.6 Å². The number of benzene rings is 2. The van der Waals surface area contributed by atoms with Crippen molar-refractivity contribution in [3.8, 4) is 0 Å². The molecule has 0 saturated carbocycles. The van der Waals surface area contributed by atoms with Crippen LogP contribution < -0.4 is 10.2 Å². The number of hydrogen-bond acceptors (Lipinski definition) is 4. The summed E-state index contributed by atoms with van der Waals surface area (Å²) in [4.78, 5) is 29.1. The van der Waals surface area contributed by atoms with Gasteiger partial charge in [-0.2, -0.15) is 0 Å². The second-order valence-electron chi connectivity index (χ2n) is 7.02. The van der Waals surface area contributed by atoms with Gasteiger partial charge in [0.15, 0.2) is 0 Å². The first-order valence-electron chi connectivity index (χ1n) is 9.60. The molecular formula is C22H27N3O2S. The van der Waals surface area contributed by atoms with Gasteiger partial charge in [-0.1, -0.05) is 35.9 Å². The largest absolute Gasteiger partial charge is 0.368 e. The number of carbonyl (C=O) groups excluding carboxylic acids is 2. The van der Waals surface area contributed by atoms with Crippen LogP contribution >= 0.6 is 11.8 Å². The number of nitrogens with one attached hydrogen (secondary N) is 1. The van der Waals surface area contributed by atoms with E-state index in [-0.39, 0.29) is 22.8 Å². The number of hydrogen-bond donors (Lipinski definition) is 1. The monoisotopic (exact) mass is 397 g/mol. The molecule has 28 heavy (non-hydrogen) atoms. The number of para-hydroxylation sites is 1. The topological polar surface area (TPSA) is 52.7 Å². The number of rotatable bonds is 6. The summed E-state index contributed by atoms with van der Waals surface area (Å²) >= 11 is 1.39. The molecule has 0 spiro atoms. The van der Waals surface area contributed by atoms with E-state index in [1.807, 2.05) is 61.2 Å². The predicted molar refractivity (Wildman–Crippen MR) is 117 cm³/mol. The Hall–Kier alpha value is -2.47. The summed E-state index contributed by atoms with van der Waals surface area (Å²) in [6, 6.07) is 18.0. The fraction of sp³-hybridized carbons (Fsp3) is 0.364. The van der Waals surface area contributed by atoms with Crippen LogP contribution in [0, 0.1) is 6.92 Å². The van der Waals surface area contributed by atoms with Crippen molar-refractivity contribution in [1.29, 1.82) is 0 Å². The highest BCUT2D eigenvalue weighted by Gasteiger charge is 2.25. The maximum atomic E-state index is 12.7. The van der Waals surface area contributed by atoms with E-state index in [9.17, 15) is 9.59 Å². The SMILES string of the molecule is Cc1ccc(NC(=O)CS[C@@H](C)C(=O)N2CCN(c3ccccc3)CC2)cc1. The van der Waals surface area contributed by atoms with E-state index in [2.05, 4.69) is 22.3 Å². The van der Waals surface area contributed by atoms with Crippen LogP contribution in [0.2, 0.25) is 0 Å². The lowest BCUT2D eigenvalue weighted by Crippen LogP contribution is -2.50. The molecule has 2 aromatic carbocycles. The Kier molecular flexibility index (Phi) is 6.98. The maximum Gasteiger partial charge on any atom is 0.235 e. The average molecular weight is 398 g/mol. The lowest BCUT2D eigenvalue weighted by atomic mass is 10.2. The number of piperazine rings is 1. The molecule has 1 atom stereocenters. The molecule has 2 aromatic rings. The van der Waals surface area contributed by atoms with Crippen LogP contribution in [0.3, 0.4) is 0 Å². The van der Waals surface area contributed by atoms with Gasteiger partial charge in [-0.05, 0) is 38.1 Å². The zero-order valence-corrected chi connectivity index (χ0v) is 17.2. The van der Waals surface area contributed by atoms with E-state index in [0.717, 1.165) is 24.3 Å². The van der Waals surface area contributed by atoms with Crippen LogP contribution in [0.4, 0.5) is 11.4 Å². The fourth-order valence-corrected chi connectivity index (χ4v) is 3.95. The normalized spacial score (nSPS) is 15.2. The molecule has 0 radical (unpaired) electrons. The summed E-state index contributed by atoms with van der Waals surface area (Å²) in [5, 5.41) is 2.65. The molecule has 1 aliphatic rings. The van der Waals surface area contributed by atoms with Crippen LogP contribution in [-0.4, -0.2) is 53.9 Å². The molecule has 0 aromatic heterocycles. The van der Waals surface area contributed by atoms with Crippen molar-refractivity contribution in [3.63, 3.8) is 0 Å². The first-order valence-corrected chi connectivity index (χ1v) is 10.6. The van der Waals surface area contributed by atoms with Gasteiger partial charge in [-0.15, -0.1) is 11.8 Å². The van der Waals surface area contributed by atoms with E-state index in [4.69, 9.17) is 0 Å². The standard InChI is InChI=1S/C22H27N3O2S/c1-17-8-10-19(11-9-17)23-21(26)16-28-18(2)22(27)25-14-12-24(13-15-25)20-6-4-3-5-7-20/h3-11,18H,12-16H2,1-2H3,(H,23,26)/t18-/m0/s1.